The summed E-state index contributed by atoms with van der Waals surface area (Å²) in [5.41, 5.74) is 3.62. The average Bonchev–Trinajstić information content (AvgIpc) is 3.09. The minimum Gasteiger partial charge on any atom is -0.380 e. The number of anilines is 1. The van der Waals surface area contributed by atoms with Crippen LogP contribution in [0.1, 0.15) is 10.4 Å². The molecule has 0 aliphatic rings. The Hall–Kier alpha value is -1.29. The van der Waals surface area contributed by atoms with Gasteiger partial charge in [0.1, 0.15) is 0 Å². The predicted octanol–water partition coefficient (Wildman–Crippen LogP) is 6.05. The summed E-state index contributed by atoms with van der Waals surface area (Å²) in [5.74, 6) is 0. The summed E-state index contributed by atoms with van der Waals surface area (Å²) < 4.78 is 0. The fourth-order valence-electron chi connectivity index (χ4n) is 2.01. The van der Waals surface area contributed by atoms with Crippen LogP contribution in [-0.4, -0.2) is 0 Å². The number of halogens is 1. The minimum absolute atomic E-state index is 0.767. The Labute approximate surface area is 131 Å². The molecule has 3 aromatic rings. The Bertz CT molecular complexity index is 701. The highest BCUT2D eigenvalue weighted by Crippen LogP contribution is 2.30. The van der Waals surface area contributed by atoms with E-state index < -0.39 is 0 Å². The summed E-state index contributed by atoms with van der Waals surface area (Å²) in [6.07, 6.45) is 0. The summed E-state index contributed by atoms with van der Waals surface area (Å²) >= 11 is 9.60. The lowest BCUT2D eigenvalue weighted by Crippen LogP contribution is -1.99. The van der Waals surface area contributed by atoms with Crippen LogP contribution in [-0.2, 0) is 6.54 Å². The van der Waals surface area contributed by atoms with E-state index in [1.54, 1.807) is 22.7 Å². The van der Waals surface area contributed by atoms with Gasteiger partial charge in [-0.25, -0.2) is 0 Å². The van der Waals surface area contributed by atoms with Crippen LogP contribution in [0.2, 0.25) is 5.02 Å². The molecule has 4 heteroatoms. The Morgan fingerprint density at radius 3 is 2.85 bits per heavy atom. The van der Waals surface area contributed by atoms with Crippen molar-refractivity contribution in [3.8, 4) is 10.4 Å². The standard InChI is InChI=1S/C16H14ClNS2/c1-11-4-5-13(17)8-15(11)18-9-14-7-12(10-20-14)16-3-2-6-19-16/h2-8,10,18H,9H2,1H3. The van der Waals surface area contributed by atoms with Crippen LogP contribution >= 0.6 is 34.3 Å². The third-order valence-corrected chi connectivity index (χ3v) is 5.20. The molecule has 0 fully saturated rings. The maximum Gasteiger partial charge on any atom is 0.0494 e. The Morgan fingerprint density at radius 2 is 2.05 bits per heavy atom. The summed E-state index contributed by atoms with van der Waals surface area (Å²) in [7, 11) is 0. The predicted molar refractivity (Wildman–Crippen MR) is 91.1 cm³/mol. The third kappa shape index (κ3) is 3.06. The first kappa shape index (κ1) is 13.7. The lowest BCUT2D eigenvalue weighted by molar-refractivity contribution is 1.18. The molecule has 20 heavy (non-hydrogen) atoms. The molecule has 0 aliphatic heterocycles. The molecular weight excluding hydrogens is 306 g/mol. The minimum atomic E-state index is 0.767. The van der Waals surface area contributed by atoms with Crippen LogP contribution in [0.25, 0.3) is 10.4 Å². The van der Waals surface area contributed by atoms with E-state index >= 15 is 0 Å². The summed E-state index contributed by atoms with van der Waals surface area (Å²) in [4.78, 5) is 2.65. The zero-order valence-corrected chi connectivity index (χ0v) is 13.4. The molecule has 0 spiro atoms. The van der Waals surface area contributed by atoms with E-state index in [-0.39, 0.29) is 0 Å². The van der Waals surface area contributed by atoms with Crippen molar-refractivity contribution in [3.05, 3.63) is 62.6 Å². The van der Waals surface area contributed by atoms with Gasteiger partial charge < -0.3 is 5.32 Å². The van der Waals surface area contributed by atoms with Crippen LogP contribution in [0.5, 0.6) is 0 Å². The van der Waals surface area contributed by atoms with E-state index in [0.29, 0.717) is 0 Å². The molecule has 0 bridgehead atoms. The average molecular weight is 320 g/mol. The van der Waals surface area contributed by atoms with Gasteiger partial charge in [0.2, 0.25) is 0 Å². The van der Waals surface area contributed by atoms with Gasteiger partial charge in [0.25, 0.3) is 0 Å². The second kappa shape index (κ2) is 6.00. The summed E-state index contributed by atoms with van der Waals surface area (Å²) in [5, 5.41) is 8.55. The summed E-state index contributed by atoms with van der Waals surface area (Å²) in [6.45, 7) is 2.92. The molecule has 1 nitrogen and oxygen atoms in total. The van der Waals surface area contributed by atoms with Gasteiger partial charge in [-0.15, -0.1) is 22.7 Å². The highest BCUT2D eigenvalue weighted by Gasteiger charge is 2.04. The maximum absolute atomic E-state index is 6.03. The number of thiophene rings is 2. The maximum atomic E-state index is 6.03. The van der Waals surface area contributed by atoms with Crippen molar-refractivity contribution in [1.82, 2.24) is 0 Å². The zero-order valence-electron chi connectivity index (χ0n) is 11.0. The van der Waals surface area contributed by atoms with Crippen molar-refractivity contribution in [1.29, 1.82) is 0 Å². The molecule has 0 aliphatic carbocycles. The van der Waals surface area contributed by atoms with Crippen molar-refractivity contribution in [2.75, 3.05) is 5.32 Å². The van der Waals surface area contributed by atoms with Crippen LogP contribution in [0, 0.1) is 6.92 Å². The van der Waals surface area contributed by atoms with Gasteiger partial charge in [-0.05, 0) is 47.5 Å². The van der Waals surface area contributed by atoms with E-state index in [9.17, 15) is 0 Å². The van der Waals surface area contributed by atoms with Gasteiger partial charge in [-0.3, -0.25) is 0 Å². The Balaban J connectivity index is 1.71. The smallest absolute Gasteiger partial charge is 0.0494 e. The van der Waals surface area contributed by atoms with Gasteiger partial charge in [-0.2, -0.15) is 0 Å². The molecule has 0 atom stereocenters. The number of hydrogen-bond acceptors (Lipinski definition) is 3. The van der Waals surface area contributed by atoms with Crippen LogP contribution in [0.15, 0.2) is 47.2 Å². The largest absolute Gasteiger partial charge is 0.380 e. The third-order valence-electron chi connectivity index (χ3n) is 3.11. The SMILES string of the molecule is Cc1ccc(Cl)cc1NCc1cc(-c2cccs2)cs1. The molecule has 2 aromatic heterocycles. The molecule has 3 rings (SSSR count). The van der Waals surface area contributed by atoms with Crippen LogP contribution in [0.4, 0.5) is 5.69 Å². The van der Waals surface area contributed by atoms with Gasteiger partial charge in [0, 0.05) is 32.6 Å². The van der Waals surface area contributed by atoms with E-state index in [2.05, 4.69) is 41.2 Å². The van der Waals surface area contributed by atoms with Crippen molar-refractivity contribution < 1.29 is 0 Å². The lowest BCUT2D eigenvalue weighted by Gasteiger charge is -2.08. The molecule has 0 saturated heterocycles. The first-order valence-electron chi connectivity index (χ1n) is 6.34. The van der Waals surface area contributed by atoms with Crippen LogP contribution < -0.4 is 5.32 Å². The monoisotopic (exact) mass is 319 g/mol. The van der Waals surface area contributed by atoms with Crippen molar-refractivity contribution >= 4 is 40.0 Å². The van der Waals surface area contributed by atoms with Gasteiger partial charge in [0.05, 0.1) is 0 Å². The molecule has 0 unspecified atom stereocenters. The molecule has 1 aromatic carbocycles. The zero-order chi connectivity index (χ0) is 13.9. The van der Waals surface area contributed by atoms with E-state index in [4.69, 9.17) is 11.6 Å². The fourth-order valence-corrected chi connectivity index (χ4v) is 3.80. The quantitative estimate of drug-likeness (QED) is 0.617. The van der Waals surface area contributed by atoms with Crippen molar-refractivity contribution in [2.45, 2.75) is 13.5 Å². The Kier molecular flexibility index (Phi) is 4.10. The molecule has 1 N–H and O–H groups in total. The van der Waals surface area contributed by atoms with Crippen molar-refractivity contribution in [3.63, 3.8) is 0 Å². The highest BCUT2D eigenvalue weighted by molar-refractivity contribution is 7.14. The second-order valence-corrected chi connectivity index (χ2v) is 6.97. The number of rotatable bonds is 4. The van der Waals surface area contributed by atoms with Crippen LogP contribution in [0.3, 0.4) is 0 Å². The lowest BCUT2D eigenvalue weighted by atomic mass is 10.2. The molecule has 0 saturated carbocycles. The topological polar surface area (TPSA) is 12.0 Å². The molecule has 2 heterocycles. The first-order chi connectivity index (χ1) is 9.72. The van der Waals surface area contributed by atoms with Gasteiger partial charge in [-0.1, -0.05) is 23.7 Å². The molecule has 102 valence electrons. The summed E-state index contributed by atoms with van der Waals surface area (Å²) in [6, 6.07) is 12.4. The Morgan fingerprint density at radius 1 is 1.15 bits per heavy atom. The number of hydrogen-bond donors (Lipinski definition) is 1. The number of aryl methyl sites for hydroxylation is 1. The molecule has 0 amide bonds. The van der Waals surface area contributed by atoms with E-state index in [1.807, 2.05) is 18.2 Å². The fraction of sp³-hybridized carbons (Fsp3) is 0.125. The van der Waals surface area contributed by atoms with Gasteiger partial charge >= 0.3 is 0 Å². The molecule has 0 radical (unpaired) electrons. The van der Waals surface area contributed by atoms with Gasteiger partial charge in [0.15, 0.2) is 0 Å². The molecular formula is C16H14ClNS2. The number of benzene rings is 1. The first-order valence-corrected chi connectivity index (χ1v) is 8.47. The van der Waals surface area contributed by atoms with E-state index in [1.165, 1.54) is 20.9 Å². The normalized spacial score (nSPS) is 10.7. The van der Waals surface area contributed by atoms with Crippen molar-refractivity contribution in [2.24, 2.45) is 0 Å². The number of nitrogens with one attached hydrogen (secondary N) is 1. The highest BCUT2D eigenvalue weighted by atomic mass is 35.5. The van der Waals surface area contributed by atoms with E-state index in [0.717, 1.165) is 17.3 Å². The second-order valence-electron chi connectivity index (χ2n) is 4.59.